The molecule has 19 heavy (non-hydrogen) atoms. The first-order valence-electron chi connectivity index (χ1n) is 7.94. The van der Waals surface area contributed by atoms with Crippen molar-refractivity contribution in [2.75, 3.05) is 59.9 Å². The van der Waals surface area contributed by atoms with Crippen LogP contribution in [0.25, 0.3) is 0 Å². The van der Waals surface area contributed by atoms with E-state index in [9.17, 15) is 0 Å². The van der Waals surface area contributed by atoms with Crippen molar-refractivity contribution in [1.29, 1.82) is 0 Å². The van der Waals surface area contributed by atoms with E-state index < -0.39 is 0 Å². The maximum Gasteiger partial charge on any atom is 0.0358 e. The molecule has 4 nitrogen and oxygen atoms in total. The Hall–Kier alpha value is -0.160. The molecule has 0 aromatic rings. The number of hydrogen-bond donors (Lipinski definition) is 1. The van der Waals surface area contributed by atoms with Gasteiger partial charge in [0, 0.05) is 51.4 Å². The normalized spacial score (nSPS) is 25.7. The lowest BCUT2D eigenvalue weighted by molar-refractivity contribution is 0.0180. The first-order chi connectivity index (χ1) is 9.12. The van der Waals surface area contributed by atoms with Crippen molar-refractivity contribution in [1.82, 2.24) is 14.7 Å². The van der Waals surface area contributed by atoms with Crippen LogP contribution in [0, 0.1) is 5.92 Å². The number of rotatable bonds is 7. The second kappa shape index (κ2) is 6.53. The lowest BCUT2D eigenvalue weighted by atomic mass is 9.87. The average Bonchev–Trinajstić information content (AvgIpc) is 3.25. The molecule has 1 aliphatic carbocycles. The van der Waals surface area contributed by atoms with Crippen LogP contribution in [-0.2, 0) is 0 Å². The molecule has 0 bridgehead atoms. The lowest BCUT2D eigenvalue weighted by Gasteiger charge is -2.47. The van der Waals surface area contributed by atoms with Crippen LogP contribution in [0.1, 0.15) is 26.2 Å². The average molecular weight is 268 g/mol. The highest BCUT2D eigenvalue weighted by atomic mass is 15.3. The summed E-state index contributed by atoms with van der Waals surface area (Å²) in [7, 11) is 4.31. The van der Waals surface area contributed by atoms with Gasteiger partial charge in [0.1, 0.15) is 0 Å². The smallest absolute Gasteiger partial charge is 0.0358 e. The van der Waals surface area contributed by atoms with E-state index in [2.05, 4.69) is 35.7 Å². The summed E-state index contributed by atoms with van der Waals surface area (Å²) < 4.78 is 0. The zero-order chi connectivity index (χ0) is 13.9. The van der Waals surface area contributed by atoms with Crippen LogP contribution >= 0.6 is 0 Å². The Morgan fingerprint density at radius 1 is 1.16 bits per heavy atom. The van der Waals surface area contributed by atoms with E-state index in [-0.39, 0.29) is 0 Å². The second-order valence-corrected chi connectivity index (χ2v) is 6.57. The van der Waals surface area contributed by atoms with Gasteiger partial charge in [-0.2, -0.15) is 0 Å². The number of hydrogen-bond acceptors (Lipinski definition) is 4. The first kappa shape index (κ1) is 15.2. The van der Waals surface area contributed by atoms with Crippen molar-refractivity contribution < 1.29 is 0 Å². The molecule has 0 radical (unpaired) electrons. The van der Waals surface area contributed by atoms with Gasteiger partial charge >= 0.3 is 0 Å². The fraction of sp³-hybridized carbons (Fsp3) is 1.00. The number of likely N-dealkylation sites (N-methyl/N-ethyl adjacent to an activating group) is 1. The molecular formula is C15H32N4. The quantitative estimate of drug-likeness (QED) is 0.737. The topological polar surface area (TPSA) is 35.7 Å². The van der Waals surface area contributed by atoms with Crippen molar-refractivity contribution >= 4 is 0 Å². The molecule has 112 valence electrons. The molecule has 2 aliphatic rings. The van der Waals surface area contributed by atoms with Crippen LogP contribution < -0.4 is 5.73 Å². The molecule has 2 fully saturated rings. The molecule has 1 saturated carbocycles. The maximum atomic E-state index is 6.16. The molecule has 0 spiro atoms. The first-order valence-corrected chi connectivity index (χ1v) is 7.94. The molecule has 2 N–H and O–H groups in total. The number of piperazine rings is 1. The van der Waals surface area contributed by atoms with Crippen molar-refractivity contribution in [3.8, 4) is 0 Å². The monoisotopic (exact) mass is 268 g/mol. The highest BCUT2D eigenvalue weighted by Gasteiger charge is 2.47. The highest BCUT2D eigenvalue weighted by Crippen LogP contribution is 2.44. The van der Waals surface area contributed by atoms with E-state index >= 15 is 0 Å². The predicted octanol–water partition coefficient (Wildman–Crippen LogP) is 0.683. The minimum atomic E-state index is 0.313. The summed E-state index contributed by atoms with van der Waals surface area (Å²) >= 11 is 0. The zero-order valence-electron chi connectivity index (χ0n) is 13.1. The largest absolute Gasteiger partial charge is 0.329 e. The molecule has 0 aromatic carbocycles. The van der Waals surface area contributed by atoms with Gasteiger partial charge in [0.05, 0.1) is 0 Å². The van der Waals surface area contributed by atoms with Gasteiger partial charge in [-0.25, -0.2) is 0 Å². The SMILES string of the molecule is CCC(CN)(C1CC1)N1CCN(CCN(C)C)CC1. The summed E-state index contributed by atoms with van der Waals surface area (Å²) in [5.74, 6) is 0.871. The lowest BCUT2D eigenvalue weighted by Crippen LogP contribution is -2.61. The minimum absolute atomic E-state index is 0.313. The molecule has 1 saturated heterocycles. The summed E-state index contributed by atoms with van der Waals surface area (Å²) in [4.78, 5) is 7.57. The molecule has 1 aliphatic heterocycles. The van der Waals surface area contributed by atoms with Crippen LogP contribution in [0.3, 0.4) is 0 Å². The third-order valence-corrected chi connectivity index (χ3v) is 5.17. The molecule has 1 unspecified atom stereocenters. The Morgan fingerprint density at radius 2 is 1.79 bits per heavy atom. The van der Waals surface area contributed by atoms with Crippen molar-refractivity contribution in [3.05, 3.63) is 0 Å². The third-order valence-electron chi connectivity index (χ3n) is 5.17. The zero-order valence-corrected chi connectivity index (χ0v) is 13.1. The van der Waals surface area contributed by atoms with Crippen molar-refractivity contribution in [2.45, 2.75) is 31.7 Å². The van der Waals surface area contributed by atoms with Crippen LogP contribution in [0.2, 0.25) is 0 Å². The van der Waals surface area contributed by atoms with E-state index in [1.807, 2.05) is 0 Å². The Morgan fingerprint density at radius 3 is 2.21 bits per heavy atom. The fourth-order valence-electron chi connectivity index (χ4n) is 3.59. The maximum absolute atomic E-state index is 6.16. The van der Waals surface area contributed by atoms with Gasteiger partial charge in [-0.15, -0.1) is 0 Å². The van der Waals surface area contributed by atoms with Crippen molar-refractivity contribution in [3.63, 3.8) is 0 Å². The summed E-state index contributed by atoms with van der Waals surface area (Å²) in [6, 6.07) is 0. The highest BCUT2D eigenvalue weighted by molar-refractivity contribution is 5.03. The Bertz CT molecular complexity index is 263. The second-order valence-electron chi connectivity index (χ2n) is 6.57. The molecule has 4 heteroatoms. The van der Waals surface area contributed by atoms with Crippen LogP contribution in [-0.4, -0.2) is 80.1 Å². The van der Waals surface area contributed by atoms with Crippen LogP contribution in [0.4, 0.5) is 0 Å². The Balaban J connectivity index is 1.84. The van der Waals surface area contributed by atoms with E-state index in [4.69, 9.17) is 5.73 Å². The Labute approximate surface area is 118 Å². The van der Waals surface area contributed by atoms with Crippen LogP contribution in [0.15, 0.2) is 0 Å². The van der Waals surface area contributed by atoms with Gasteiger partial charge in [-0.1, -0.05) is 6.92 Å². The summed E-state index contributed by atoms with van der Waals surface area (Å²) in [5, 5.41) is 0. The molecule has 2 rings (SSSR count). The summed E-state index contributed by atoms with van der Waals surface area (Å²) in [6.45, 7) is 10.4. The Kier molecular flexibility index (Phi) is 5.23. The van der Waals surface area contributed by atoms with Gasteiger partial charge in [0.15, 0.2) is 0 Å². The molecule has 1 heterocycles. The van der Waals surface area contributed by atoms with Gasteiger partial charge in [-0.05, 0) is 39.3 Å². The number of nitrogens with zero attached hydrogens (tertiary/aromatic N) is 3. The van der Waals surface area contributed by atoms with E-state index in [0.29, 0.717) is 5.54 Å². The van der Waals surface area contributed by atoms with Crippen LogP contribution in [0.5, 0.6) is 0 Å². The molecule has 0 aromatic heterocycles. The molecular weight excluding hydrogens is 236 g/mol. The molecule has 0 amide bonds. The van der Waals surface area contributed by atoms with E-state index in [0.717, 1.165) is 12.5 Å². The van der Waals surface area contributed by atoms with E-state index in [1.54, 1.807) is 0 Å². The van der Waals surface area contributed by atoms with Gasteiger partial charge in [0.25, 0.3) is 0 Å². The van der Waals surface area contributed by atoms with Gasteiger partial charge < -0.3 is 10.6 Å². The van der Waals surface area contributed by atoms with Crippen molar-refractivity contribution in [2.24, 2.45) is 11.7 Å². The minimum Gasteiger partial charge on any atom is -0.329 e. The molecule has 1 atom stereocenters. The summed E-state index contributed by atoms with van der Waals surface area (Å²) in [6.07, 6.45) is 4.00. The fourth-order valence-corrected chi connectivity index (χ4v) is 3.59. The number of nitrogens with two attached hydrogens (primary N) is 1. The van der Waals surface area contributed by atoms with E-state index in [1.165, 1.54) is 58.5 Å². The van der Waals surface area contributed by atoms with Gasteiger partial charge in [-0.3, -0.25) is 9.80 Å². The third kappa shape index (κ3) is 3.48. The summed E-state index contributed by atoms with van der Waals surface area (Å²) in [5.41, 5.74) is 6.47. The predicted molar refractivity (Wildman–Crippen MR) is 81.4 cm³/mol. The standard InChI is InChI=1S/C15H32N4/c1-4-15(13-16,14-5-6-14)19-11-9-18(10-12-19)8-7-17(2)3/h14H,4-13,16H2,1-3H3. The van der Waals surface area contributed by atoms with Gasteiger partial charge in [0.2, 0.25) is 0 Å².